The first kappa shape index (κ1) is 43.7. The highest BCUT2D eigenvalue weighted by Crippen LogP contribution is 2.22. The first-order valence-corrected chi connectivity index (χ1v) is 19.1. The fraction of sp³-hybridized carbons (Fsp3) is 0.868. The van der Waals surface area contributed by atoms with Gasteiger partial charge in [-0.1, -0.05) is 141 Å². The van der Waals surface area contributed by atoms with E-state index in [0.29, 0.717) is 6.42 Å². The molecule has 1 amide bonds. The molecule has 0 saturated carbocycles. The van der Waals surface area contributed by atoms with E-state index in [1.54, 1.807) is 6.08 Å². The highest BCUT2D eigenvalue weighted by molar-refractivity contribution is 5.76. The first-order valence-electron chi connectivity index (χ1n) is 19.1. The van der Waals surface area contributed by atoms with E-state index in [0.717, 1.165) is 38.5 Å². The Morgan fingerprint density at radius 1 is 0.702 bits per heavy atom. The maximum atomic E-state index is 12.8. The molecule has 0 aliphatic carbocycles. The third-order valence-electron chi connectivity index (χ3n) is 9.03. The van der Waals surface area contributed by atoms with Crippen LogP contribution in [0.3, 0.4) is 0 Å². The van der Waals surface area contributed by atoms with Crippen LogP contribution >= 0.6 is 0 Å². The minimum atomic E-state index is -1.57. The number of allylic oxidation sites excluding steroid dienone is 3. The van der Waals surface area contributed by atoms with Crippen molar-refractivity contribution in [3.63, 3.8) is 0 Å². The molecule has 276 valence electrons. The number of rotatable bonds is 30. The van der Waals surface area contributed by atoms with Crippen LogP contribution in [0.15, 0.2) is 24.3 Å². The van der Waals surface area contributed by atoms with Gasteiger partial charge in [-0.25, -0.2) is 0 Å². The molecule has 0 radical (unpaired) electrons. The fourth-order valence-electron chi connectivity index (χ4n) is 5.88. The lowest BCUT2D eigenvalue weighted by Gasteiger charge is -2.40. The normalized spacial score (nSPS) is 23.1. The first-order chi connectivity index (χ1) is 22.8. The van der Waals surface area contributed by atoms with E-state index in [9.17, 15) is 30.3 Å². The quantitative estimate of drug-likeness (QED) is 0.0381. The molecule has 9 nitrogen and oxygen atoms in total. The minimum Gasteiger partial charge on any atom is -0.394 e. The van der Waals surface area contributed by atoms with E-state index in [-0.39, 0.29) is 12.5 Å². The van der Waals surface area contributed by atoms with Crippen molar-refractivity contribution in [2.75, 3.05) is 13.2 Å². The number of amides is 1. The summed E-state index contributed by atoms with van der Waals surface area (Å²) in [7, 11) is 0. The molecule has 1 aliphatic rings. The molecule has 9 heteroatoms. The lowest BCUT2D eigenvalue weighted by Crippen LogP contribution is -2.60. The standard InChI is InChI=1S/C38H71NO8/c1-3-5-7-9-11-13-14-15-16-17-18-20-21-23-25-27-32(41)31(30-46-38-37(45)36(44)35(43)33(29-40)47-38)39-34(42)28-26-24-22-19-12-10-8-6-4-2/h18,20,25,27,31-33,35-38,40-41,43-45H,3-17,19,21-24,26,28-30H2,1-2H3,(H,39,42)/b20-18+,27-25+/t31-,32+,33+,35+,36?,37?,38+/m0/s1. The van der Waals surface area contributed by atoms with Crippen molar-refractivity contribution in [2.45, 2.75) is 198 Å². The van der Waals surface area contributed by atoms with E-state index in [4.69, 9.17) is 9.47 Å². The Kier molecular flexibility index (Phi) is 27.5. The molecule has 6 N–H and O–H groups in total. The van der Waals surface area contributed by atoms with Crippen LogP contribution in [0.1, 0.15) is 155 Å². The Labute approximate surface area is 286 Å². The Balaban J connectivity index is 2.49. The van der Waals surface area contributed by atoms with Crippen molar-refractivity contribution < 1.29 is 39.8 Å². The zero-order valence-electron chi connectivity index (χ0n) is 29.8. The van der Waals surface area contributed by atoms with Crippen molar-refractivity contribution in [3.05, 3.63) is 24.3 Å². The maximum Gasteiger partial charge on any atom is 0.220 e. The zero-order chi connectivity index (χ0) is 34.5. The SMILES string of the molecule is CCCCCCCCCCC/C=C/CC/C=C/[C@@H](O)[C@H](CO[C@@H]1O[C@H](CO)[C@@H](O)C(O)C1O)NC(=O)CCCCCCCCCCC. The van der Waals surface area contributed by atoms with E-state index in [1.807, 2.05) is 6.08 Å². The number of carbonyl (C=O) groups excluding carboxylic acids is 1. The molecule has 1 saturated heterocycles. The molecule has 0 aromatic carbocycles. The Morgan fingerprint density at radius 2 is 1.21 bits per heavy atom. The van der Waals surface area contributed by atoms with Crippen LogP contribution in [0.25, 0.3) is 0 Å². The van der Waals surface area contributed by atoms with Gasteiger partial charge >= 0.3 is 0 Å². The smallest absolute Gasteiger partial charge is 0.220 e. The third-order valence-corrected chi connectivity index (χ3v) is 9.03. The highest BCUT2D eigenvalue weighted by atomic mass is 16.7. The summed E-state index contributed by atoms with van der Waals surface area (Å²) in [4.78, 5) is 12.8. The van der Waals surface area contributed by atoms with Crippen LogP contribution in [-0.2, 0) is 14.3 Å². The number of unbranched alkanes of at least 4 members (excludes halogenated alkanes) is 18. The van der Waals surface area contributed by atoms with Crippen molar-refractivity contribution in [1.29, 1.82) is 0 Å². The summed E-state index contributed by atoms with van der Waals surface area (Å²) in [5.74, 6) is -0.192. The van der Waals surface area contributed by atoms with Gasteiger partial charge in [0.05, 0.1) is 25.4 Å². The van der Waals surface area contributed by atoms with Crippen LogP contribution in [0.2, 0.25) is 0 Å². The van der Waals surface area contributed by atoms with E-state index < -0.39 is 49.5 Å². The highest BCUT2D eigenvalue weighted by Gasteiger charge is 2.44. The molecule has 47 heavy (non-hydrogen) atoms. The van der Waals surface area contributed by atoms with Gasteiger partial charge in [0.25, 0.3) is 0 Å². The van der Waals surface area contributed by atoms with Gasteiger partial charge in [0.1, 0.15) is 24.4 Å². The van der Waals surface area contributed by atoms with Gasteiger partial charge in [0.15, 0.2) is 6.29 Å². The number of hydrogen-bond acceptors (Lipinski definition) is 8. The number of aliphatic hydroxyl groups is 5. The number of nitrogens with one attached hydrogen (secondary N) is 1. The molecule has 0 aromatic rings. The Bertz CT molecular complexity index is 792. The molecule has 0 bridgehead atoms. The molecule has 7 atom stereocenters. The molecule has 1 heterocycles. The average Bonchev–Trinajstić information content (AvgIpc) is 3.07. The molecule has 1 aliphatic heterocycles. The third kappa shape index (κ3) is 21.4. The molecule has 1 rings (SSSR count). The van der Waals surface area contributed by atoms with Gasteiger partial charge in [0, 0.05) is 6.42 Å². The molecule has 0 aromatic heterocycles. The second kappa shape index (κ2) is 29.6. The van der Waals surface area contributed by atoms with Crippen LogP contribution < -0.4 is 5.32 Å². The monoisotopic (exact) mass is 670 g/mol. The molecule has 1 fully saturated rings. The second-order valence-electron chi connectivity index (χ2n) is 13.4. The second-order valence-corrected chi connectivity index (χ2v) is 13.4. The average molecular weight is 670 g/mol. The number of ether oxygens (including phenoxy) is 2. The maximum absolute atomic E-state index is 12.8. The van der Waals surface area contributed by atoms with Crippen molar-refractivity contribution in [2.24, 2.45) is 0 Å². The fourth-order valence-corrected chi connectivity index (χ4v) is 5.88. The molecular weight excluding hydrogens is 598 g/mol. The summed E-state index contributed by atoms with van der Waals surface area (Å²) >= 11 is 0. The lowest BCUT2D eigenvalue weighted by atomic mass is 9.99. The van der Waals surface area contributed by atoms with Crippen molar-refractivity contribution in [1.82, 2.24) is 5.32 Å². The van der Waals surface area contributed by atoms with E-state index in [1.165, 1.54) is 96.3 Å². The largest absolute Gasteiger partial charge is 0.394 e. The van der Waals surface area contributed by atoms with Gasteiger partial charge in [-0.05, 0) is 32.1 Å². The van der Waals surface area contributed by atoms with E-state index in [2.05, 4.69) is 31.3 Å². The zero-order valence-corrected chi connectivity index (χ0v) is 29.8. The van der Waals surface area contributed by atoms with Gasteiger partial charge in [-0.15, -0.1) is 0 Å². The minimum absolute atomic E-state index is 0.192. The summed E-state index contributed by atoms with van der Waals surface area (Å²) in [6.07, 6.45) is 25.1. The summed E-state index contributed by atoms with van der Waals surface area (Å²) < 4.78 is 11.1. The van der Waals surface area contributed by atoms with Gasteiger partial charge in [0.2, 0.25) is 5.91 Å². The van der Waals surface area contributed by atoms with Crippen LogP contribution in [-0.4, -0.2) is 87.5 Å². The Morgan fingerprint density at radius 3 is 1.79 bits per heavy atom. The lowest BCUT2D eigenvalue weighted by molar-refractivity contribution is -0.302. The number of hydrogen-bond donors (Lipinski definition) is 6. The summed E-state index contributed by atoms with van der Waals surface area (Å²) in [6, 6.07) is -0.813. The topological polar surface area (TPSA) is 149 Å². The molecular formula is C38H71NO8. The summed E-state index contributed by atoms with van der Waals surface area (Å²) in [5.41, 5.74) is 0. The summed E-state index contributed by atoms with van der Waals surface area (Å²) in [5, 5.41) is 53.8. The van der Waals surface area contributed by atoms with Gasteiger partial charge < -0.3 is 40.3 Å². The predicted molar refractivity (Wildman–Crippen MR) is 189 cm³/mol. The number of carbonyl (C=O) groups is 1. The predicted octanol–water partition coefficient (Wildman–Crippen LogP) is 6.38. The summed E-state index contributed by atoms with van der Waals surface area (Å²) in [6.45, 7) is 3.70. The molecule has 0 spiro atoms. The number of aliphatic hydroxyl groups excluding tert-OH is 5. The van der Waals surface area contributed by atoms with Crippen LogP contribution in [0, 0.1) is 0 Å². The van der Waals surface area contributed by atoms with Crippen molar-refractivity contribution in [3.8, 4) is 0 Å². The van der Waals surface area contributed by atoms with Crippen LogP contribution in [0.5, 0.6) is 0 Å². The Hall–Kier alpha value is -1.33. The van der Waals surface area contributed by atoms with E-state index >= 15 is 0 Å². The molecule has 2 unspecified atom stereocenters. The van der Waals surface area contributed by atoms with Crippen molar-refractivity contribution >= 4 is 5.91 Å². The van der Waals surface area contributed by atoms with Gasteiger partial charge in [-0.3, -0.25) is 4.79 Å². The van der Waals surface area contributed by atoms with Crippen LogP contribution in [0.4, 0.5) is 0 Å². The van der Waals surface area contributed by atoms with Gasteiger partial charge in [-0.2, -0.15) is 0 Å².